The van der Waals surface area contributed by atoms with E-state index in [1.165, 1.54) is 6.07 Å². The Balaban J connectivity index is 1.93. The Morgan fingerprint density at radius 3 is 3.11 bits per heavy atom. The van der Waals surface area contributed by atoms with Crippen molar-refractivity contribution in [1.82, 2.24) is 9.47 Å². The van der Waals surface area contributed by atoms with Crippen LogP contribution in [0.1, 0.15) is 0 Å². The number of pyridine rings is 1. The number of anilines is 1. The van der Waals surface area contributed by atoms with Gasteiger partial charge in [-0.3, -0.25) is 9.69 Å². The van der Waals surface area contributed by atoms with Crippen LogP contribution in [0.25, 0.3) is 0 Å². The number of nitriles is 1. The number of rotatable bonds is 3. The van der Waals surface area contributed by atoms with E-state index >= 15 is 0 Å². The zero-order valence-electron chi connectivity index (χ0n) is 10.1. The van der Waals surface area contributed by atoms with Crippen molar-refractivity contribution in [1.29, 1.82) is 5.26 Å². The normalized spacial score (nSPS) is 20.5. The highest BCUT2D eigenvalue weighted by atomic mass is 16.5. The van der Waals surface area contributed by atoms with Crippen molar-refractivity contribution < 1.29 is 4.74 Å². The van der Waals surface area contributed by atoms with E-state index in [0.29, 0.717) is 31.9 Å². The summed E-state index contributed by atoms with van der Waals surface area (Å²) in [4.78, 5) is 13.7. The molecule has 2 heterocycles. The molecule has 1 atom stereocenters. The molecule has 1 aliphatic heterocycles. The van der Waals surface area contributed by atoms with Crippen LogP contribution < -0.4 is 11.3 Å². The summed E-state index contributed by atoms with van der Waals surface area (Å²) in [5.74, 6) is 0. The van der Waals surface area contributed by atoms with Crippen molar-refractivity contribution in [3.63, 3.8) is 0 Å². The number of morpholine rings is 1. The lowest BCUT2D eigenvalue weighted by atomic mass is 10.3. The van der Waals surface area contributed by atoms with Gasteiger partial charge < -0.3 is 15.0 Å². The molecule has 1 aliphatic rings. The first-order valence-corrected chi connectivity index (χ1v) is 5.88. The van der Waals surface area contributed by atoms with Crippen molar-refractivity contribution in [2.24, 2.45) is 0 Å². The Morgan fingerprint density at radius 1 is 1.50 bits per heavy atom. The van der Waals surface area contributed by atoms with E-state index in [9.17, 15) is 4.79 Å². The lowest BCUT2D eigenvalue weighted by Crippen LogP contribution is -2.43. The molecular weight excluding hydrogens is 232 g/mol. The smallest absolute Gasteiger partial charge is 0.250 e. The maximum absolute atomic E-state index is 11.6. The number of aromatic nitrogens is 1. The summed E-state index contributed by atoms with van der Waals surface area (Å²) < 4.78 is 6.85. The average Bonchev–Trinajstić information content (AvgIpc) is 2.40. The molecule has 0 spiro atoms. The molecule has 18 heavy (non-hydrogen) atoms. The van der Waals surface area contributed by atoms with E-state index < -0.39 is 0 Å². The van der Waals surface area contributed by atoms with Crippen LogP contribution in [0.5, 0.6) is 0 Å². The van der Waals surface area contributed by atoms with E-state index in [1.807, 2.05) is 0 Å². The topological polar surface area (TPSA) is 84.3 Å². The predicted octanol–water partition coefficient (Wildman–Crippen LogP) is -0.345. The minimum Gasteiger partial charge on any atom is -0.398 e. The zero-order chi connectivity index (χ0) is 13.0. The van der Waals surface area contributed by atoms with Gasteiger partial charge in [-0.25, -0.2) is 0 Å². The molecule has 6 heteroatoms. The average molecular weight is 248 g/mol. The fraction of sp³-hybridized carbons (Fsp3) is 0.500. The molecule has 0 aliphatic carbocycles. The second kappa shape index (κ2) is 5.67. The molecule has 1 aromatic rings. The molecule has 1 aromatic heterocycles. The predicted molar refractivity (Wildman–Crippen MR) is 66.9 cm³/mol. The summed E-state index contributed by atoms with van der Waals surface area (Å²) in [7, 11) is 0. The summed E-state index contributed by atoms with van der Waals surface area (Å²) in [5, 5.41) is 8.80. The molecule has 6 nitrogen and oxygen atoms in total. The summed E-state index contributed by atoms with van der Waals surface area (Å²) in [6, 6.07) is 5.16. The number of nitrogens with zero attached hydrogens (tertiary/aromatic N) is 3. The summed E-state index contributed by atoms with van der Waals surface area (Å²) in [5.41, 5.74) is 6.16. The molecular formula is C12H16N4O2. The summed E-state index contributed by atoms with van der Waals surface area (Å²) in [6.07, 6.45) is 1.28. The molecule has 0 aromatic carbocycles. The Morgan fingerprint density at radius 2 is 2.33 bits per heavy atom. The van der Waals surface area contributed by atoms with Crippen molar-refractivity contribution in [3.05, 3.63) is 28.7 Å². The van der Waals surface area contributed by atoms with Gasteiger partial charge in [0.25, 0.3) is 5.56 Å². The second-order valence-electron chi connectivity index (χ2n) is 4.28. The Kier molecular flexibility index (Phi) is 3.97. The highest BCUT2D eigenvalue weighted by Crippen LogP contribution is 2.04. The van der Waals surface area contributed by atoms with Crippen LogP contribution >= 0.6 is 0 Å². The second-order valence-corrected chi connectivity index (χ2v) is 4.28. The first kappa shape index (κ1) is 12.6. The Bertz CT molecular complexity index is 506. The molecule has 2 N–H and O–H groups in total. The van der Waals surface area contributed by atoms with Gasteiger partial charge in [-0.05, 0) is 6.07 Å². The van der Waals surface area contributed by atoms with E-state index in [2.05, 4.69) is 11.0 Å². The van der Waals surface area contributed by atoms with Crippen molar-refractivity contribution >= 4 is 5.69 Å². The number of hydrogen-bond donors (Lipinski definition) is 1. The maximum Gasteiger partial charge on any atom is 0.250 e. The van der Waals surface area contributed by atoms with Crippen LogP contribution in [-0.4, -0.2) is 41.8 Å². The van der Waals surface area contributed by atoms with E-state index in [0.717, 1.165) is 6.54 Å². The first-order chi connectivity index (χ1) is 8.69. The van der Waals surface area contributed by atoms with Gasteiger partial charge >= 0.3 is 0 Å². The zero-order valence-corrected chi connectivity index (χ0v) is 10.1. The fourth-order valence-electron chi connectivity index (χ4n) is 1.96. The third-order valence-electron chi connectivity index (χ3n) is 2.96. The highest BCUT2D eigenvalue weighted by molar-refractivity contribution is 5.33. The summed E-state index contributed by atoms with van der Waals surface area (Å²) >= 11 is 0. The van der Waals surface area contributed by atoms with Crippen molar-refractivity contribution in [3.8, 4) is 6.07 Å². The van der Waals surface area contributed by atoms with Crippen LogP contribution in [0.2, 0.25) is 0 Å². The van der Waals surface area contributed by atoms with Gasteiger partial charge in [-0.2, -0.15) is 5.26 Å². The van der Waals surface area contributed by atoms with Crippen LogP contribution in [0, 0.1) is 11.3 Å². The van der Waals surface area contributed by atoms with Gasteiger partial charge in [-0.15, -0.1) is 0 Å². The van der Waals surface area contributed by atoms with Crippen LogP contribution in [-0.2, 0) is 11.3 Å². The molecule has 1 saturated heterocycles. The SMILES string of the molecule is N#CC1CN(CCn2cc(N)ccc2=O)CCO1. The van der Waals surface area contributed by atoms with E-state index in [4.69, 9.17) is 15.7 Å². The van der Waals surface area contributed by atoms with Crippen molar-refractivity contribution in [2.75, 3.05) is 32.0 Å². The molecule has 96 valence electrons. The fourth-order valence-corrected chi connectivity index (χ4v) is 1.96. The Labute approximate surface area is 105 Å². The van der Waals surface area contributed by atoms with E-state index in [1.54, 1.807) is 16.8 Å². The van der Waals surface area contributed by atoms with Gasteiger partial charge in [0, 0.05) is 44.1 Å². The van der Waals surface area contributed by atoms with Gasteiger partial charge in [0.2, 0.25) is 0 Å². The van der Waals surface area contributed by atoms with Gasteiger partial charge in [0.1, 0.15) is 0 Å². The van der Waals surface area contributed by atoms with Crippen LogP contribution in [0.15, 0.2) is 23.1 Å². The standard InChI is InChI=1S/C12H16N4O2/c13-7-11-9-15(5-6-18-11)3-4-16-8-10(14)1-2-12(16)17/h1-2,8,11H,3-6,9,14H2. The molecule has 2 rings (SSSR count). The quantitative estimate of drug-likeness (QED) is 0.790. The summed E-state index contributed by atoms with van der Waals surface area (Å²) in [6.45, 7) is 3.22. The lowest BCUT2D eigenvalue weighted by Gasteiger charge is -2.29. The van der Waals surface area contributed by atoms with Crippen LogP contribution in [0.4, 0.5) is 5.69 Å². The Hall–Kier alpha value is -1.84. The number of nitrogens with two attached hydrogens (primary N) is 1. The largest absolute Gasteiger partial charge is 0.398 e. The van der Waals surface area contributed by atoms with Crippen molar-refractivity contribution in [2.45, 2.75) is 12.6 Å². The van der Waals surface area contributed by atoms with E-state index in [-0.39, 0.29) is 11.7 Å². The lowest BCUT2D eigenvalue weighted by molar-refractivity contribution is -0.000623. The minimum absolute atomic E-state index is 0.0608. The molecule has 0 saturated carbocycles. The molecule has 1 unspecified atom stereocenters. The molecule has 0 radical (unpaired) electrons. The minimum atomic E-state index is -0.365. The molecule has 0 bridgehead atoms. The van der Waals surface area contributed by atoms with Gasteiger partial charge in [-0.1, -0.05) is 0 Å². The first-order valence-electron chi connectivity index (χ1n) is 5.88. The highest BCUT2D eigenvalue weighted by Gasteiger charge is 2.19. The van der Waals surface area contributed by atoms with Gasteiger partial charge in [0.05, 0.1) is 12.7 Å². The monoisotopic (exact) mass is 248 g/mol. The number of ether oxygens (including phenoxy) is 1. The van der Waals surface area contributed by atoms with Gasteiger partial charge in [0.15, 0.2) is 6.10 Å². The number of nitrogen functional groups attached to an aromatic ring is 1. The molecule has 0 amide bonds. The van der Waals surface area contributed by atoms with Crippen LogP contribution in [0.3, 0.4) is 0 Å². The number of hydrogen-bond acceptors (Lipinski definition) is 5. The third kappa shape index (κ3) is 3.09. The third-order valence-corrected chi connectivity index (χ3v) is 2.96. The maximum atomic E-state index is 11.6. The molecule has 1 fully saturated rings.